The van der Waals surface area contributed by atoms with E-state index in [4.69, 9.17) is 9.47 Å². The second-order valence-electron chi connectivity index (χ2n) is 6.19. The predicted molar refractivity (Wildman–Crippen MR) is 99.5 cm³/mol. The number of esters is 1. The Hall–Kier alpha value is -3.08. The fourth-order valence-electron chi connectivity index (χ4n) is 2.87. The first-order chi connectivity index (χ1) is 12.5. The Labute approximate surface area is 151 Å². The molecule has 2 atom stereocenters. The highest BCUT2D eigenvalue weighted by Gasteiger charge is 2.27. The van der Waals surface area contributed by atoms with Gasteiger partial charge in [-0.25, -0.2) is 4.79 Å². The van der Waals surface area contributed by atoms with Gasteiger partial charge in [0.25, 0.3) is 0 Å². The van der Waals surface area contributed by atoms with Crippen LogP contribution in [0.1, 0.15) is 29.9 Å². The number of nitrogens with one attached hydrogen (secondary N) is 1. The fraction of sp³-hybridized carbons (Fsp3) is 0.238. The van der Waals surface area contributed by atoms with Crippen LogP contribution < -0.4 is 4.74 Å². The van der Waals surface area contributed by atoms with Crippen LogP contribution >= 0.6 is 0 Å². The fourth-order valence-corrected chi connectivity index (χ4v) is 2.87. The SMILES string of the molecule is Cc1[nH]c2ccccc2c1C(=O)[C@@H](C)OC(=O)[C@@H](C)Oc1ccccc1. The lowest BCUT2D eigenvalue weighted by molar-refractivity contribution is -0.153. The van der Waals surface area contributed by atoms with Gasteiger partial charge in [-0.15, -0.1) is 0 Å². The first-order valence-corrected chi connectivity index (χ1v) is 8.51. The summed E-state index contributed by atoms with van der Waals surface area (Å²) in [5.74, 6) is -0.240. The standard InChI is InChI=1S/C21H21NO4/c1-13-19(17-11-7-8-12-18(17)22-13)20(23)14(2)26-21(24)15(3)25-16-9-5-4-6-10-16/h4-12,14-15,22H,1-3H3/t14-,15-/m1/s1. The van der Waals surface area contributed by atoms with Gasteiger partial charge in [-0.3, -0.25) is 4.79 Å². The average molecular weight is 351 g/mol. The first-order valence-electron chi connectivity index (χ1n) is 8.51. The van der Waals surface area contributed by atoms with Crippen molar-refractivity contribution in [3.8, 4) is 5.75 Å². The molecule has 1 aromatic heterocycles. The molecule has 0 bridgehead atoms. The lowest BCUT2D eigenvalue weighted by atomic mass is 10.0. The molecule has 5 heteroatoms. The smallest absolute Gasteiger partial charge is 0.347 e. The minimum Gasteiger partial charge on any atom is -0.479 e. The van der Waals surface area contributed by atoms with E-state index in [0.29, 0.717) is 11.3 Å². The van der Waals surface area contributed by atoms with Gasteiger partial charge < -0.3 is 14.5 Å². The van der Waals surface area contributed by atoms with Crippen molar-refractivity contribution in [2.24, 2.45) is 0 Å². The van der Waals surface area contributed by atoms with E-state index in [1.807, 2.05) is 49.4 Å². The van der Waals surface area contributed by atoms with Gasteiger partial charge in [-0.1, -0.05) is 36.4 Å². The number of H-pyrrole nitrogens is 1. The van der Waals surface area contributed by atoms with E-state index in [9.17, 15) is 9.59 Å². The van der Waals surface area contributed by atoms with Crippen LogP contribution in [0.25, 0.3) is 10.9 Å². The highest BCUT2D eigenvalue weighted by Crippen LogP contribution is 2.24. The van der Waals surface area contributed by atoms with Crippen LogP contribution in [-0.2, 0) is 9.53 Å². The van der Waals surface area contributed by atoms with Gasteiger partial charge in [0, 0.05) is 22.2 Å². The van der Waals surface area contributed by atoms with Crippen molar-refractivity contribution in [3.63, 3.8) is 0 Å². The van der Waals surface area contributed by atoms with Crippen LogP contribution in [0.4, 0.5) is 0 Å². The highest BCUT2D eigenvalue weighted by molar-refractivity contribution is 6.11. The van der Waals surface area contributed by atoms with E-state index in [2.05, 4.69) is 4.98 Å². The largest absolute Gasteiger partial charge is 0.479 e. The van der Waals surface area contributed by atoms with Gasteiger partial charge in [0.15, 0.2) is 12.2 Å². The van der Waals surface area contributed by atoms with Crippen molar-refractivity contribution < 1.29 is 19.1 Å². The van der Waals surface area contributed by atoms with Crippen molar-refractivity contribution in [2.75, 3.05) is 0 Å². The van der Waals surface area contributed by atoms with Gasteiger partial charge in [-0.2, -0.15) is 0 Å². The molecule has 0 spiro atoms. The zero-order valence-electron chi connectivity index (χ0n) is 15.0. The lowest BCUT2D eigenvalue weighted by Gasteiger charge is -2.17. The highest BCUT2D eigenvalue weighted by atomic mass is 16.6. The number of ketones is 1. The van der Waals surface area contributed by atoms with Gasteiger partial charge >= 0.3 is 5.97 Å². The summed E-state index contributed by atoms with van der Waals surface area (Å²) >= 11 is 0. The van der Waals surface area contributed by atoms with E-state index < -0.39 is 18.2 Å². The summed E-state index contributed by atoms with van der Waals surface area (Å²) in [5.41, 5.74) is 2.19. The van der Waals surface area contributed by atoms with Crippen LogP contribution in [-0.4, -0.2) is 28.9 Å². The molecule has 1 heterocycles. The number of benzene rings is 2. The number of para-hydroxylation sites is 2. The summed E-state index contributed by atoms with van der Waals surface area (Å²) in [6.45, 7) is 5.02. The minimum absolute atomic E-state index is 0.236. The quantitative estimate of drug-likeness (QED) is 0.537. The molecule has 26 heavy (non-hydrogen) atoms. The number of ether oxygens (including phenoxy) is 2. The van der Waals surface area contributed by atoms with Crippen molar-refractivity contribution >= 4 is 22.7 Å². The lowest BCUT2D eigenvalue weighted by Crippen LogP contribution is -2.32. The van der Waals surface area contributed by atoms with Crippen molar-refractivity contribution in [1.29, 1.82) is 0 Å². The Morgan fingerprint density at radius 1 is 0.923 bits per heavy atom. The van der Waals surface area contributed by atoms with E-state index in [1.165, 1.54) is 0 Å². The molecule has 0 amide bonds. The number of carbonyl (C=O) groups is 2. The summed E-state index contributed by atoms with van der Waals surface area (Å²) in [6, 6.07) is 16.6. The second kappa shape index (κ2) is 7.44. The van der Waals surface area contributed by atoms with Crippen molar-refractivity contribution in [1.82, 2.24) is 4.98 Å². The number of Topliss-reactive ketones (excluding diaryl/α,β-unsaturated/α-hetero) is 1. The molecule has 134 valence electrons. The molecule has 1 N–H and O–H groups in total. The van der Waals surface area contributed by atoms with Crippen LogP contribution in [0, 0.1) is 6.92 Å². The molecule has 3 aromatic rings. The molecule has 5 nitrogen and oxygen atoms in total. The number of hydrogen-bond donors (Lipinski definition) is 1. The van der Waals surface area contributed by atoms with E-state index in [-0.39, 0.29) is 5.78 Å². The number of rotatable bonds is 6. The molecule has 0 aliphatic rings. The molecule has 0 saturated heterocycles. The normalized spacial score (nSPS) is 13.2. The zero-order chi connectivity index (χ0) is 18.7. The third kappa shape index (κ3) is 3.61. The Morgan fingerprint density at radius 2 is 1.58 bits per heavy atom. The minimum atomic E-state index is -0.901. The van der Waals surface area contributed by atoms with Gasteiger partial charge in [0.05, 0.1) is 0 Å². The van der Waals surface area contributed by atoms with Crippen molar-refractivity contribution in [3.05, 3.63) is 65.9 Å². The third-order valence-corrected chi connectivity index (χ3v) is 4.19. The maximum Gasteiger partial charge on any atom is 0.347 e. The molecule has 0 radical (unpaired) electrons. The predicted octanol–water partition coefficient (Wildman–Crippen LogP) is 4.06. The molecule has 3 rings (SSSR count). The molecular weight excluding hydrogens is 330 g/mol. The van der Waals surface area contributed by atoms with Crippen molar-refractivity contribution in [2.45, 2.75) is 33.0 Å². The molecule has 0 fully saturated rings. The molecule has 2 aromatic carbocycles. The monoisotopic (exact) mass is 351 g/mol. The number of fused-ring (bicyclic) bond motifs is 1. The molecule has 0 unspecified atom stereocenters. The zero-order valence-corrected chi connectivity index (χ0v) is 15.0. The maximum atomic E-state index is 12.8. The molecular formula is C21H21NO4. The number of aromatic amines is 1. The van der Waals surface area contributed by atoms with Crippen LogP contribution in [0.15, 0.2) is 54.6 Å². The van der Waals surface area contributed by atoms with Gasteiger partial charge in [0.1, 0.15) is 5.75 Å². The number of carbonyl (C=O) groups excluding carboxylic acids is 2. The number of aromatic nitrogens is 1. The molecule has 0 saturated carbocycles. The van der Waals surface area contributed by atoms with Crippen LogP contribution in [0.2, 0.25) is 0 Å². The average Bonchev–Trinajstić information content (AvgIpc) is 2.97. The Morgan fingerprint density at radius 3 is 2.31 bits per heavy atom. The summed E-state index contributed by atoms with van der Waals surface area (Å²) in [4.78, 5) is 28.3. The van der Waals surface area contributed by atoms with Gasteiger partial charge in [-0.05, 0) is 39.0 Å². The Kier molecular flexibility index (Phi) is 5.07. The van der Waals surface area contributed by atoms with E-state index in [0.717, 1.165) is 16.6 Å². The molecule has 0 aliphatic heterocycles. The number of aryl methyl sites for hydroxylation is 1. The third-order valence-electron chi connectivity index (χ3n) is 4.19. The maximum absolute atomic E-state index is 12.8. The summed E-state index contributed by atoms with van der Waals surface area (Å²) < 4.78 is 10.9. The van der Waals surface area contributed by atoms with Crippen LogP contribution in [0.3, 0.4) is 0 Å². The van der Waals surface area contributed by atoms with E-state index >= 15 is 0 Å². The number of hydrogen-bond acceptors (Lipinski definition) is 4. The summed E-state index contributed by atoms with van der Waals surface area (Å²) in [6.07, 6.45) is -1.71. The summed E-state index contributed by atoms with van der Waals surface area (Å²) in [7, 11) is 0. The first kappa shape index (κ1) is 17.7. The Bertz CT molecular complexity index is 930. The van der Waals surface area contributed by atoms with E-state index in [1.54, 1.807) is 26.0 Å². The Balaban J connectivity index is 1.70. The van der Waals surface area contributed by atoms with Gasteiger partial charge in [0.2, 0.25) is 5.78 Å². The summed E-state index contributed by atoms with van der Waals surface area (Å²) in [5, 5.41) is 0.825. The second-order valence-corrected chi connectivity index (χ2v) is 6.19. The van der Waals surface area contributed by atoms with Crippen LogP contribution in [0.5, 0.6) is 5.75 Å². The molecule has 0 aliphatic carbocycles. The topological polar surface area (TPSA) is 68.4 Å².